The molecule has 6 nitrogen and oxygen atoms in total. The third-order valence-electron chi connectivity index (χ3n) is 4.83. The highest BCUT2D eigenvalue weighted by molar-refractivity contribution is 5.53. The number of fused-ring (bicyclic) bond motifs is 1. The largest absolute Gasteiger partial charge is 0.372 e. The molecule has 3 heterocycles. The minimum absolute atomic E-state index is 0.0780. The Bertz CT molecular complexity index is 710. The molecule has 0 bridgehead atoms. The van der Waals surface area contributed by atoms with E-state index in [0.29, 0.717) is 12.6 Å². The lowest BCUT2D eigenvalue weighted by Gasteiger charge is -2.33. The predicted octanol–water partition coefficient (Wildman–Crippen LogP) is 3.29. The zero-order valence-corrected chi connectivity index (χ0v) is 16.2. The van der Waals surface area contributed by atoms with Crippen LogP contribution in [0.25, 0.3) is 5.65 Å². The monoisotopic (exact) mass is 345 g/mol. The number of ether oxygens (including phenoxy) is 1. The standard InChI is InChI=1S/C19H31N5O/c1-6-15-18(20-5)24-17(21-15)8-7-16(22-24)14-9-11-23(12-10-14)13-25-19(2,3)4/h7-8,14,20H,6,9-13H2,1-5H3. The molecule has 0 aliphatic carbocycles. The molecule has 2 aromatic heterocycles. The summed E-state index contributed by atoms with van der Waals surface area (Å²) in [6.07, 6.45) is 3.15. The van der Waals surface area contributed by atoms with Gasteiger partial charge in [-0.25, -0.2) is 4.98 Å². The second kappa shape index (κ2) is 7.30. The average molecular weight is 345 g/mol. The van der Waals surface area contributed by atoms with Crippen LogP contribution in [-0.4, -0.2) is 52.0 Å². The van der Waals surface area contributed by atoms with Crippen molar-refractivity contribution in [2.45, 2.75) is 58.5 Å². The Morgan fingerprint density at radius 3 is 2.56 bits per heavy atom. The Morgan fingerprint density at radius 2 is 1.96 bits per heavy atom. The van der Waals surface area contributed by atoms with Gasteiger partial charge in [0.05, 0.1) is 23.7 Å². The van der Waals surface area contributed by atoms with Crippen LogP contribution in [0.3, 0.4) is 0 Å². The highest BCUT2D eigenvalue weighted by Crippen LogP contribution is 2.28. The van der Waals surface area contributed by atoms with E-state index in [2.05, 4.69) is 55.0 Å². The maximum absolute atomic E-state index is 5.90. The van der Waals surface area contributed by atoms with Crippen molar-refractivity contribution in [3.05, 3.63) is 23.5 Å². The fraction of sp³-hybridized carbons (Fsp3) is 0.684. The van der Waals surface area contributed by atoms with Gasteiger partial charge in [0.1, 0.15) is 0 Å². The third-order valence-corrected chi connectivity index (χ3v) is 4.83. The van der Waals surface area contributed by atoms with E-state index in [4.69, 9.17) is 9.84 Å². The molecule has 1 saturated heterocycles. The number of piperidine rings is 1. The summed E-state index contributed by atoms with van der Waals surface area (Å²) in [6.45, 7) is 11.3. The van der Waals surface area contributed by atoms with Gasteiger partial charge in [-0.05, 0) is 52.2 Å². The van der Waals surface area contributed by atoms with Crippen molar-refractivity contribution in [1.29, 1.82) is 0 Å². The lowest BCUT2D eigenvalue weighted by Crippen LogP contribution is -2.37. The molecule has 1 N–H and O–H groups in total. The van der Waals surface area contributed by atoms with E-state index in [9.17, 15) is 0 Å². The number of hydrogen-bond donors (Lipinski definition) is 1. The quantitative estimate of drug-likeness (QED) is 0.901. The zero-order chi connectivity index (χ0) is 18.0. The molecule has 0 saturated carbocycles. The number of nitrogens with zero attached hydrogens (tertiary/aromatic N) is 4. The highest BCUT2D eigenvalue weighted by Gasteiger charge is 2.24. The van der Waals surface area contributed by atoms with Crippen LogP contribution in [0.15, 0.2) is 12.1 Å². The van der Waals surface area contributed by atoms with Crippen molar-refractivity contribution < 1.29 is 4.74 Å². The van der Waals surface area contributed by atoms with Crippen molar-refractivity contribution in [3.8, 4) is 0 Å². The van der Waals surface area contributed by atoms with Crippen LogP contribution in [0.2, 0.25) is 0 Å². The molecule has 0 unspecified atom stereocenters. The van der Waals surface area contributed by atoms with Gasteiger partial charge in [0, 0.05) is 26.1 Å². The van der Waals surface area contributed by atoms with E-state index in [1.54, 1.807) is 0 Å². The smallest absolute Gasteiger partial charge is 0.156 e. The number of aromatic nitrogens is 3. The van der Waals surface area contributed by atoms with Crippen LogP contribution in [0.5, 0.6) is 0 Å². The molecule has 1 aliphatic rings. The van der Waals surface area contributed by atoms with E-state index in [0.717, 1.165) is 49.5 Å². The molecule has 0 spiro atoms. The lowest BCUT2D eigenvalue weighted by atomic mass is 9.93. The molecule has 0 atom stereocenters. The van der Waals surface area contributed by atoms with Crippen molar-refractivity contribution in [2.24, 2.45) is 0 Å². The van der Waals surface area contributed by atoms with Crippen molar-refractivity contribution in [2.75, 3.05) is 32.2 Å². The van der Waals surface area contributed by atoms with E-state index < -0.39 is 0 Å². The minimum Gasteiger partial charge on any atom is -0.372 e. The van der Waals surface area contributed by atoms with Gasteiger partial charge in [0.2, 0.25) is 0 Å². The number of likely N-dealkylation sites (tertiary alicyclic amines) is 1. The molecule has 25 heavy (non-hydrogen) atoms. The predicted molar refractivity (Wildman–Crippen MR) is 101 cm³/mol. The van der Waals surface area contributed by atoms with Crippen LogP contribution in [0.1, 0.15) is 57.8 Å². The maximum atomic E-state index is 5.90. The summed E-state index contributed by atoms with van der Waals surface area (Å²) in [6, 6.07) is 4.24. The molecule has 0 aromatic carbocycles. The molecule has 1 aliphatic heterocycles. The van der Waals surface area contributed by atoms with E-state index in [-0.39, 0.29) is 5.60 Å². The first kappa shape index (κ1) is 18.1. The molecule has 138 valence electrons. The van der Waals surface area contributed by atoms with Gasteiger partial charge in [0.15, 0.2) is 11.5 Å². The second-order valence-corrected chi connectivity index (χ2v) is 7.82. The number of anilines is 1. The first-order valence-corrected chi connectivity index (χ1v) is 9.34. The SMILES string of the molecule is CCc1nc2ccc(C3CCN(COC(C)(C)C)CC3)nn2c1NC. The summed E-state index contributed by atoms with van der Waals surface area (Å²) < 4.78 is 7.86. The van der Waals surface area contributed by atoms with Crippen LogP contribution in [0.4, 0.5) is 5.82 Å². The number of imidazole rings is 1. The summed E-state index contributed by atoms with van der Waals surface area (Å²) in [5.41, 5.74) is 3.08. The van der Waals surface area contributed by atoms with Gasteiger partial charge in [-0.15, -0.1) is 0 Å². The molecule has 0 radical (unpaired) electrons. The molecule has 3 rings (SSSR count). The molecule has 0 amide bonds. The van der Waals surface area contributed by atoms with Crippen molar-refractivity contribution in [1.82, 2.24) is 19.5 Å². The van der Waals surface area contributed by atoms with E-state index >= 15 is 0 Å². The Balaban J connectivity index is 1.69. The van der Waals surface area contributed by atoms with Gasteiger partial charge in [-0.1, -0.05) is 6.92 Å². The first-order chi connectivity index (χ1) is 11.9. The summed E-state index contributed by atoms with van der Waals surface area (Å²) in [4.78, 5) is 7.06. The molecular formula is C19H31N5O. The third kappa shape index (κ3) is 4.12. The van der Waals surface area contributed by atoms with Gasteiger partial charge >= 0.3 is 0 Å². The van der Waals surface area contributed by atoms with Gasteiger partial charge < -0.3 is 10.1 Å². The van der Waals surface area contributed by atoms with Gasteiger partial charge in [-0.2, -0.15) is 9.61 Å². The zero-order valence-electron chi connectivity index (χ0n) is 16.2. The Labute approximate surface area is 150 Å². The maximum Gasteiger partial charge on any atom is 0.156 e. The highest BCUT2D eigenvalue weighted by atomic mass is 16.5. The van der Waals surface area contributed by atoms with Crippen LogP contribution < -0.4 is 5.32 Å². The molecule has 6 heteroatoms. The topological polar surface area (TPSA) is 54.7 Å². The molecule has 1 fully saturated rings. The van der Waals surface area contributed by atoms with Crippen LogP contribution in [0, 0.1) is 0 Å². The van der Waals surface area contributed by atoms with E-state index in [1.165, 1.54) is 5.69 Å². The van der Waals surface area contributed by atoms with Crippen LogP contribution in [-0.2, 0) is 11.2 Å². The average Bonchev–Trinajstić information content (AvgIpc) is 2.96. The Morgan fingerprint density at radius 1 is 1.24 bits per heavy atom. The fourth-order valence-electron chi connectivity index (χ4n) is 3.35. The number of aryl methyl sites for hydroxylation is 1. The Kier molecular flexibility index (Phi) is 5.29. The summed E-state index contributed by atoms with van der Waals surface area (Å²) in [5.74, 6) is 1.52. The summed E-state index contributed by atoms with van der Waals surface area (Å²) in [5, 5.41) is 8.14. The van der Waals surface area contributed by atoms with Crippen molar-refractivity contribution in [3.63, 3.8) is 0 Å². The lowest BCUT2D eigenvalue weighted by molar-refractivity contribution is -0.0690. The first-order valence-electron chi connectivity index (χ1n) is 9.34. The number of hydrogen-bond acceptors (Lipinski definition) is 5. The summed E-state index contributed by atoms with van der Waals surface area (Å²) >= 11 is 0. The Hall–Kier alpha value is -1.66. The van der Waals surface area contributed by atoms with Gasteiger partial charge in [-0.3, -0.25) is 4.90 Å². The number of nitrogens with one attached hydrogen (secondary N) is 1. The number of rotatable bonds is 5. The van der Waals surface area contributed by atoms with Crippen LogP contribution >= 0.6 is 0 Å². The minimum atomic E-state index is -0.0780. The van der Waals surface area contributed by atoms with E-state index in [1.807, 2.05) is 11.6 Å². The van der Waals surface area contributed by atoms with Crippen molar-refractivity contribution >= 4 is 11.5 Å². The molecule has 2 aromatic rings. The summed E-state index contributed by atoms with van der Waals surface area (Å²) in [7, 11) is 1.94. The van der Waals surface area contributed by atoms with Gasteiger partial charge in [0.25, 0.3) is 0 Å². The molecular weight excluding hydrogens is 314 g/mol. The fourth-order valence-corrected chi connectivity index (χ4v) is 3.35. The second-order valence-electron chi connectivity index (χ2n) is 7.82. The normalized spacial score (nSPS) is 17.3.